The van der Waals surface area contributed by atoms with Crippen LogP contribution in [-0.2, 0) is 17.7 Å². The van der Waals surface area contributed by atoms with Crippen molar-refractivity contribution in [3.8, 4) is 0 Å². The van der Waals surface area contributed by atoms with Gasteiger partial charge in [0.1, 0.15) is 17.9 Å². The van der Waals surface area contributed by atoms with Crippen molar-refractivity contribution < 1.29 is 23.4 Å². The van der Waals surface area contributed by atoms with E-state index in [0.29, 0.717) is 0 Å². The second-order valence-electron chi connectivity index (χ2n) is 2.88. The van der Waals surface area contributed by atoms with Crippen LogP contribution in [0.5, 0.6) is 0 Å². The van der Waals surface area contributed by atoms with Crippen LogP contribution in [0.15, 0.2) is 6.20 Å². The number of rotatable bonds is 3. The number of aliphatic hydroxyl groups excluding tert-OH is 1. The maximum absolute atomic E-state index is 13.2. The van der Waals surface area contributed by atoms with E-state index in [1.54, 1.807) is 0 Å². The lowest BCUT2D eigenvalue weighted by Crippen LogP contribution is -2.25. The van der Waals surface area contributed by atoms with Crippen LogP contribution in [0.3, 0.4) is 0 Å². The third-order valence-corrected chi connectivity index (χ3v) is 1.89. The monoisotopic (exact) mass is 220 g/mol. The molecule has 0 aromatic carbocycles. The second kappa shape index (κ2) is 3.93. The molecule has 1 rings (SSSR count). The summed E-state index contributed by atoms with van der Waals surface area (Å²) >= 11 is 0. The Morgan fingerprint density at radius 1 is 1.73 bits per heavy atom. The minimum Gasteiger partial charge on any atom is -0.465 e. The van der Waals surface area contributed by atoms with Crippen molar-refractivity contribution in [1.82, 2.24) is 9.78 Å². The van der Waals surface area contributed by atoms with E-state index < -0.39 is 24.2 Å². The Kier molecular flexibility index (Phi) is 3.04. The highest BCUT2D eigenvalue weighted by molar-refractivity contribution is 5.90. The van der Waals surface area contributed by atoms with Gasteiger partial charge in [0.2, 0.25) is 0 Å². The molecule has 0 fully saturated rings. The van der Waals surface area contributed by atoms with E-state index in [0.717, 1.165) is 18.0 Å². The van der Waals surface area contributed by atoms with Crippen LogP contribution in [-0.4, -0.2) is 34.6 Å². The second-order valence-corrected chi connectivity index (χ2v) is 2.88. The Morgan fingerprint density at radius 2 is 2.33 bits per heavy atom. The van der Waals surface area contributed by atoms with Gasteiger partial charge in [0.15, 0.2) is 0 Å². The largest absolute Gasteiger partial charge is 0.465 e. The van der Waals surface area contributed by atoms with Crippen LogP contribution >= 0.6 is 0 Å². The third-order valence-electron chi connectivity index (χ3n) is 1.89. The molecule has 0 aliphatic carbocycles. The first-order valence-corrected chi connectivity index (χ1v) is 4.03. The number of methoxy groups -OCH3 is 1. The van der Waals surface area contributed by atoms with Gasteiger partial charge in [-0.05, 0) is 0 Å². The first kappa shape index (κ1) is 11.6. The summed E-state index contributed by atoms with van der Waals surface area (Å²) in [6.45, 7) is -1.39. The van der Waals surface area contributed by atoms with E-state index in [1.807, 2.05) is 0 Å². The van der Waals surface area contributed by atoms with Crippen molar-refractivity contribution in [2.24, 2.45) is 7.05 Å². The lowest BCUT2D eigenvalue weighted by molar-refractivity contribution is -0.0628. The molecule has 1 aromatic heterocycles. The van der Waals surface area contributed by atoms with E-state index in [9.17, 15) is 13.6 Å². The molecule has 0 saturated heterocycles. The number of aromatic nitrogens is 2. The summed E-state index contributed by atoms with van der Waals surface area (Å²) in [5.74, 6) is -4.43. The Hall–Kier alpha value is -1.50. The highest BCUT2D eigenvalue weighted by atomic mass is 19.3. The van der Waals surface area contributed by atoms with Crippen LogP contribution in [0.25, 0.3) is 0 Å². The van der Waals surface area contributed by atoms with E-state index in [4.69, 9.17) is 5.11 Å². The molecule has 7 heteroatoms. The number of carbonyl (C=O) groups excluding carboxylic acids is 1. The summed E-state index contributed by atoms with van der Waals surface area (Å²) < 4.78 is 31.6. The molecule has 84 valence electrons. The minimum atomic E-state index is -3.52. The van der Waals surface area contributed by atoms with E-state index >= 15 is 0 Å². The molecule has 0 aliphatic heterocycles. The highest BCUT2D eigenvalue weighted by Gasteiger charge is 2.38. The number of hydrogen-bond donors (Lipinski definition) is 1. The number of nitrogens with zero attached hydrogens (tertiary/aromatic N) is 2. The maximum atomic E-state index is 13.2. The third kappa shape index (κ3) is 1.96. The van der Waals surface area contributed by atoms with Gasteiger partial charge in [-0.1, -0.05) is 0 Å². The molecule has 0 spiro atoms. The molecule has 15 heavy (non-hydrogen) atoms. The average molecular weight is 220 g/mol. The number of ether oxygens (including phenoxy) is 1. The molecule has 0 radical (unpaired) electrons. The Morgan fingerprint density at radius 3 is 2.80 bits per heavy atom. The van der Waals surface area contributed by atoms with Crippen LogP contribution in [0.4, 0.5) is 8.78 Å². The normalized spacial score (nSPS) is 11.5. The minimum absolute atomic E-state index is 0.348. The van der Waals surface area contributed by atoms with Crippen molar-refractivity contribution in [1.29, 1.82) is 0 Å². The zero-order valence-electron chi connectivity index (χ0n) is 8.20. The SMILES string of the molecule is COC(=O)c1cnn(C)c1C(F)(F)CO. The zero-order valence-corrected chi connectivity index (χ0v) is 8.20. The van der Waals surface area contributed by atoms with Crippen LogP contribution in [0.1, 0.15) is 16.1 Å². The number of aliphatic hydroxyl groups is 1. The molecule has 1 aromatic rings. The fraction of sp³-hybridized carbons (Fsp3) is 0.500. The van der Waals surface area contributed by atoms with Gasteiger partial charge in [-0.25, -0.2) is 4.79 Å². The molecular formula is C8H10F2N2O3. The molecule has 0 saturated carbocycles. The highest BCUT2D eigenvalue weighted by Crippen LogP contribution is 2.29. The van der Waals surface area contributed by atoms with Crippen molar-refractivity contribution in [3.05, 3.63) is 17.5 Å². The number of alkyl halides is 2. The molecule has 1 heterocycles. The first-order valence-electron chi connectivity index (χ1n) is 4.03. The molecule has 5 nitrogen and oxygen atoms in total. The lowest BCUT2D eigenvalue weighted by atomic mass is 10.1. The van der Waals surface area contributed by atoms with Crippen LogP contribution in [0, 0.1) is 0 Å². The van der Waals surface area contributed by atoms with Crippen molar-refractivity contribution >= 4 is 5.97 Å². The number of aryl methyl sites for hydroxylation is 1. The van der Waals surface area contributed by atoms with Gasteiger partial charge in [0, 0.05) is 7.05 Å². The summed E-state index contributed by atoms with van der Waals surface area (Å²) in [7, 11) is 2.33. The predicted molar refractivity (Wildman–Crippen MR) is 45.5 cm³/mol. The average Bonchev–Trinajstić information content (AvgIpc) is 2.59. The number of hydrogen-bond acceptors (Lipinski definition) is 4. The molecule has 0 unspecified atom stereocenters. The van der Waals surface area contributed by atoms with Crippen molar-refractivity contribution in [3.63, 3.8) is 0 Å². The quantitative estimate of drug-likeness (QED) is 0.743. The summed E-state index contributed by atoms with van der Waals surface area (Å²) in [5.41, 5.74) is -1.00. The van der Waals surface area contributed by atoms with Gasteiger partial charge in [-0.2, -0.15) is 13.9 Å². The summed E-state index contributed by atoms with van der Waals surface area (Å²) in [4.78, 5) is 11.1. The number of halogens is 2. The van der Waals surface area contributed by atoms with Crippen LogP contribution in [0.2, 0.25) is 0 Å². The van der Waals surface area contributed by atoms with E-state index in [-0.39, 0.29) is 5.56 Å². The standard InChI is InChI=1S/C8H10F2N2O3/c1-12-6(8(9,10)4-13)5(3-11-12)7(14)15-2/h3,13H,4H2,1-2H3. The van der Waals surface area contributed by atoms with Gasteiger partial charge in [-0.15, -0.1) is 0 Å². The van der Waals surface area contributed by atoms with E-state index in [1.165, 1.54) is 7.05 Å². The molecule has 0 aliphatic rings. The van der Waals surface area contributed by atoms with Gasteiger partial charge in [0.05, 0.1) is 13.3 Å². The molecule has 1 N–H and O–H groups in total. The molecule has 0 atom stereocenters. The fourth-order valence-electron chi connectivity index (χ4n) is 1.21. The topological polar surface area (TPSA) is 64.3 Å². The van der Waals surface area contributed by atoms with Gasteiger partial charge in [0.25, 0.3) is 0 Å². The Bertz CT molecular complexity index is 376. The number of esters is 1. The number of carbonyl (C=O) groups is 1. The van der Waals surface area contributed by atoms with Crippen LogP contribution < -0.4 is 0 Å². The van der Waals surface area contributed by atoms with Crippen molar-refractivity contribution in [2.75, 3.05) is 13.7 Å². The lowest BCUT2D eigenvalue weighted by Gasteiger charge is -2.14. The first-order chi connectivity index (χ1) is 6.94. The molecule has 0 amide bonds. The van der Waals surface area contributed by atoms with Gasteiger partial charge < -0.3 is 9.84 Å². The predicted octanol–water partition coefficient (Wildman–Crippen LogP) is 0.291. The summed E-state index contributed by atoms with van der Waals surface area (Å²) in [6.07, 6.45) is 0.977. The Labute approximate surface area is 84.3 Å². The van der Waals surface area contributed by atoms with Gasteiger partial charge >= 0.3 is 11.9 Å². The van der Waals surface area contributed by atoms with E-state index in [2.05, 4.69) is 9.84 Å². The maximum Gasteiger partial charge on any atom is 0.341 e. The van der Waals surface area contributed by atoms with Crippen molar-refractivity contribution in [2.45, 2.75) is 5.92 Å². The smallest absolute Gasteiger partial charge is 0.341 e. The van der Waals surface area contributed by atoms with Gasteiger partial charge in [-0.3, -0.25) is 4.68 Å². The molecule has 0 bridgehead atoms. The summed E-state index contributed by atoms with van der Waals surface area (Å²) in [6, 6.07) is 0. The Balaban J connectivity index is 3.27. The summed E-state index contributed by atoms with van der Waals surface area (Å²) in [5, 5.41) is 12.1. The zero-order chi connectivity index (χ0) is 11.6. The molecular weight excluding hydrogens is 210 g/mol. The fourth-order valence-corrected chi connectivity index (χ4v) is 1.21.